The van der Waals surface area contributed by atoms with E-state index in [4.69, 9.17) is 10.4 Å². The highest BCUT2D eigenvalue weighted by Gasteiger charge is 2.12. The molecule has 18 heavy (non-hydrogen) atoms. The third-order valence-electron chi connectivity index (χ3n) is 2.76. The third kappa shape index (κ3) is 2.17. The molecular weight excluding hydrogens is 250 g/mol. The number of benzene rings is 2. The second-order valence-corrected chi connectivity index (χ2v) is 4.96. The van der Waals surface area contributed by atoms with E-state index in [9.17, 15) is 4.21 Å². The summed E-state index contributed by atoms with van der Waals surface area (Å²) in [5, 5.41) is 1.83. The zero-order valence-corrected chi connectivity index (χ0v) is 11.0. The van der Waals surface area contributed by atoms with Gasteiger partial charge in [-0.3, -0.25) is 4.55 Å². The minimum absolute atomic E-state index is 0.525. The van der Waals surface area contributed by atoms with Crippen LogP contribution < -0.4 is 15.2 Å². The highest BCUT2D eigenvalue weighted by molar-refractivity contribution is 7.80. The molecule has 0 aliphatic carbocycles. The molecule has 0 radical (unpaired) electrons. The summed E-state index contributed by atoms with van der Waals surface area (Å²) in [6.45, 7) is 0. The smallest absolute Gasteiger partial charge is 0.276 e. The summed E-state index contributed by atoms with van der Waals surface area (Å²) in [5.41, 5.74) is 1.56. The number of hydrogen-bond acceptors (Lipinski definition) is 3. The summed E-state index contributed by atoms with van der Waals surface area (Å²) in [6.07, 6.45) is 0. The number of anilines is 2. The van der Waals surface area contributed by atoms with Crippen molar-refractivity contribution in [2.24, 2.45) is 5.84 Å². The van der Waals surface area contributed by atoms with Crippen molar-refractivity contribution >= 4 is 33.4 Å². The maximum atomic E-state index is 11.1. The molecule has 0 bridgehead atoms. The zero-order chi connectivity index (χ0) is 13.3. The maximum absolute atomic E-state index is 11.1. The van der Waals surface area contributed by atoms with Crippen molar-refractivity contribution in [1.82, 2.24) is 0 Å². The monoisotopic (exact) mass is 265 g/mol. The molecule has 2 rings (SSSR count). The van der Waals surface area contributed by atoms with E-state index in [1.165, 1.54) is 0 Å². The molecule has 0 aliphatic rings. The summed E-state index contributed by atoms with van der Waals surface area (Å²) < 4.78 is 21.0. The molecule has 0 fully saturated rings. The van der Waals surface area contributed by atoms with Gasteiger partial charge in [0.05, 0.1) is 5.69 Å². The van der Waals surface area contributed by atoms with Gasteiger partial charge in [0.15, 0.2) is 0 Å². The minimum Gasteiger partial charge on any atom is -0.377 e. The molecule has 3 N–H and O–H groups in total. The van der Waals surface area contributed by atoms with Crippen molar-refractivity contribution in [1.29, 1.82) is 0 Å². The van der Waals surface area contributed by atoms with E-state index in [0.29, 0.717) is 5.69 Å². The van der Waals surface area contributed by atoms with E-state index in [0.717, 1.165) is 20.9 Å². The molecule has 0 spiro atoms. The minimum atomic E-state index is -2.24. The standard InChI is InChI=1S/C12H15N3O2S/c1-14(2)11-7-3-6-10-9(11)5-4-8-12(10)15(13)18(16)17/h3-8H,13H2,1-2H3,(H,16,17). The molecular formula is C12H15N3O2S. The summed E-state index contributed by atoms with van der Waals surface area (Å²) >= 11 is -2.24. The highest BCUT2D eigenvalue weighted by Crippen LogP contribution is 2.31. The summed E-state index contributed by atoms with van der Waals surface area (Å²) in [4.78, 5) is 1.99. The lowest BCUT2D eigenvalue weighted by Gasteiger charge is -2.19. The molecule has 2 aromatic rings. The van der Waals surface area contributed by atoms with Crippen molar-refractivity contribution in [3.8, 4) is 0 Å². The van der Waals surface area contributed by atoms with Crippen LogP contribution in [0.5, 0.6) is 0 Å². The predicted molar refractivity (Wildman–Crippen MR) is 75.7 cm³/mol. The molecule has 6 heteroatoms. The van der Waals surface area contributed by atoms with Crippen molar-refractivity contribution in [2.45, 2.75) is 0 Å². The largest absolute Gasteiger partial charge is 0.377 e. The number of nitrogens with two attached hydrogens (primary N) is 1. The van der Waals surface area contributed by atoms with Crippen LogP contribution in [-0.2, 0) is 11.3 Å². The van der Waals surface area contributed by atoms with Crippen molar-refractivity contribution in [3.05, 3.63) is 36.4 Å². The van der Waals surface area contributed by atoms with Gasteiger partial charge < -0.3 is 4.90 Å². The lowest BCUT2D eigenvalue weighted by molar-refractivity contribution is 0.560. The van der Waals surface area contributed by atoms with Crippen LogP contribution in [0.1, 0.15) is 0 Å². The predicted octanol–water partition coefficient (Wildman–Crippen LogP) is 1.72. The maximum Gasteiger partial charge on any atom is 0.276 e. The van der Waals surface area contributed by atoms with Gasteiger partial charge in [-0.1, -0.05) is 24.3 Å². The Morgan fingerprint density at radius 3 is 2.06 bits per heavy atom. The topological polar surface area (TPSA) is 69.8 Å². The fourth-order valence-electron chi connectivity index (χ4n) is 1.94. The van der Waals surface area contributed by atoms with E-state index in [1.54, 1.807) is 6.07 Å². The molecule has 1 unspecified atom stereocenters. The van der Waals surface area contributed by atoms with Gasteiger partial charge in [-0.15, -0.1) is 0 Å². The lowest BCUT2D eigenvalue weighted by atomic mass is 10.1. The first-order valence-corrected chi connectivity index (χ1v) is 6.43. The van der Waals surface area contributed by atoms with Gasteiger partial charge in [-0.05, 0) is 12.1 Å². The number of hydrogen-bond donors (Lipinski definition) is 2. The molecule has 0 aliphatic heterocycles. The number of rotatable bonds is 3. The molecule has 2 aromatic carbocycles. The average Bonchev–Trinajstić information content (AvgIpc) is 2.36. The Bertz CT molecular complexity index is 601. The van der Waals surface area contributed by atoms with E-state index < -0.39 is 11.3 Å². The molecule has 0 aromatic heterocycles. The number of hydrazine groups is 1. The van der Waals surface area contributed by atoms with Crippen LogP contribution in [0.15, 0.2) is 36.4 Å². The van der Waals surface area contributed by atoms with E-state index in [1.807, 2.05) is 49.3 Å². The Hall–Kier alpha value is -1.63. The Labute approximate surface area is 108 Å². The summed E-state index contributed by atoms with van der Waals surface area (Å²) in [7, 11) is 3.90. The molecule has 1 atom stereocenters. The van der Waals surface area contributed by atoms with Crippen LogP contribution >= 0.6 is 0 Å². The van der Waals surface area contributed by atoms with Crippen LogP contribution in [-0.4, -0.2) is 22.9 Å². The first-order valence-electron chi connectivity index (χ1n) is 5.37. The van der Waals surface area contributed by atoms with Gasteiger partial charge in [0.2, 0.25) is 0 Å². The highest BCUT2D eigenvalue weighted by atomic mass is 32.2. The van der Waals surface area contributed by atoms with Crippen LogP contribution in [0.4, 0.5) is 11.4 Å². The quantitative estimate of drug-likeness (QED) is 0.503. The molecule has 0 saturated heterocycles. The lowest BCUT2D eigenvalue weighted by Crippen LogP contribution is -2.32. The van der Waals surface area contributed by atoms with Crippen LogP contribution in [0.2, 0.25) is 0 Å². The molecule has 96 valence electrons. The van der Waals surface area contributed by atoms with Crippen LogP contribution in [0, 0.1) is 0 Å². The van der Waals surface area contributed by atoms with Crippen molar-refractivity contribution < 1.29 is 8.76 Å². The van der Waals surface area contributed by atoms with E-state index in [2.05, 4.69) is 0 Å². The fraction of sp³-hybridized carbons (Fsp3) is 0.167. The third-order valence-corrected chi connectivity index (χ3v) is 3.30. The Morgan fingerprint density at radius 1 is 1.06 bits per heavy atom. The average molecular weight is 265 g/mol. The zero-order valence-electron chi connectivity index (χ0n) is 10.2. The normalized spacial score (nSPS) is 12.4. The van der Waals surface area contributed by atoms with E-state index >= 15 is 0 Å². The number of fused-ring (bicyclic) bond motifs is 1. The van der Waals surface area contributed by atoms with E-state index in [-0.39, 0.29) is 0 Å². The molecule has 0 heterocycles. The van der Waals surface area contributed by atoms with Crippen molar-refractivity contribution in [3.63, 3.8) is 0 Å². The second kappa shape index (κ2) is 4.93. The molecule has 5 nitrogen and oxygen atoms in total. The van der Waals surface area contributed by atoms with Gasteiger partial charge >= 0.3 is 0 Å². The number of nitrogens with zero attached hydrogens (tertiary/aromatic N) is 2. The van der Waals surface area contributed by atoms with Gasteiger partial charge in [0, 0.05) is 30.6 Å². The van der Waals surface area contributed by atoms with Gasteiger partial charge in [-0.25, -0.2) is 14.5 Å². The first kappa shape index (κ1) is 12.8. The van der Waals surface area contributed by atoms with Crippen LogP contribution in [0.25, 0.3) is 10.8 Å². The Morgan fingerprint density at radius 2 is 1.56 bits per heavy atom. The van der Waals surface area contributed by atoms with Gasteiger partial charge in [0.1, 0.15) is 0 Å². The first-order chi connectivity index (χ1) is 8.52. The Kier molecular flexibility index (Phi) is 3.51. The molecule has 0 saturated carbocycles. The van der Waals surface area contributed by atoms with Crippen LogP contribution in [0.3, 0.4) is 0 Å². The summed E-state index contributed by atoms with van der Waals surface area (Å²) in [6, 6.07) is 11.3. The summed E-state index contributed by atoms with van der Waals surface area (Å²) in [5.74, 6) is 5.60. The van der Waals surface area contributed by atoms with Crippen molar-refractivity contribution in [2.75, 3.05) is 23.4 Å². The second-order valence-electron chi connectivity index (χ2n) is 4.10. The van der Waals surface area contributed by atoms with Gasteiger partial charge in [0.25, 0.3) is 11.3 Å². The fourth-order valence-corrected chi connectivity index (χ4v) is 2.27. The van der Waals surface area contributed by atoms with Gasteiger partial charge in [-0.2, -0.15) is 0 Å². The SMILES string of the molecule is CN(C)c1cccc2c(N(N)S(=O)O)cccc12. The Balaban J connectivity index is 2.71. The molecule has 0 amide bonds.